The molecule has 1 aromatic heterocycles. The first-order valence-electron chi connectivity index (χ1n) is 8.63. The summed E-state index contributed by atoms with van der Waals surface area (Å²) in [6.45, 7) is 5.75. The van der Waals surface area contributed by atoms with E-state index in [1.165, 1.54) is 12.1 Å². The number of nitrogens with zero attached hydrogens (tertiary/aromatic N) is 3. The van der Waals surface area contributed by atoms with Crippen molar-refractivity contribution in [3.8, 4) is 0 Å². The summed E-state index contributed by atoms with van der Waals surface area (Å²) in [7, 11) is 0. The van der Waals surface area contributed by atoms with Gasteiger partial charge in [-0.2, -0.15) is 0 Å². The van der Waals surface area contributed by atoms with Crippen LogP contribution in [0.5, 0.6) is 0 Å². The molecule has 138 valence electrons. The highest BCUT2D eigenvalue weighted by Gasteiger charge is 2.21. The Bertz CT molecular complexity index is 778. The van der Waals surface area contributed by atoms with E-state index in [2.05, 4.69) is 15.2 Å². The summed E-state index contributed by atoms with van der Waals surface area (Å²) < 4.78 is 13.1. The summed E-state index contributed by atoms with van der Waals surface area (Å²) in [6, 6.07) is 8.38. The maximum absolute atomic E-state index is 13.1. The van der Waals surface area contributed by atoms with Gasteiger partial charge < -0.3 is 15.1 Å². The lowest BCUT2D eigenvalue weighted by atomic mass is 10.2. The van der Waals surface area contributed by atoms with Crippen LogP contribution in [0.3, 0.4) is 0 Å². The van der Waals surface area contributed by atoms with Gasteiger partial charge in [0.15, 0.2) is 0 Å². The van der Waals surface area contributed by atoms with Crippen molar-refractivity contribution in [1.29, 1.82) is 0 Å². The zero-order valence-electron chi connectivity index (χ0n) is 14.7. The lowest BCUT2D eigenvalue weighted by Crippen LogP contribution is -2.48. The molecule has 3 rings (SSSR count). The molecule has 1 saturated heterocycles. The van der Waals surface area contributed by atoms with Crippen LogP contribution in [0.1, 0.15) is 18.1 Å². The molecule has 2 aromatic rings. The van der Waals surface area contributed by atoms with Crippen LogP contribution < -0.4 is 10.2 Å². The fourth-order valence-corrected chi connectivity index (χ4v) is 3.32. The van der Waals surface area contributed by atoms with Gasteiger partial charge in [-0.25, -0.2) is 9.37 Å². The number of rotatable bonds is 5. The molecule has 1 aliphatic rings. The van der Waals surface area contributed by atoms with E-state index in [1.54, 1.807) is 19.2 Å². The molecule has 1 amide bonds. The molecule has 0 unspecified atom stereocenters. The van der Waals surface area contributed by atoms with Crippen LogP contribution in [0.4, 0.5) is 10.2 Å². The highest BCUT2D eigenvalue weighted by atomic mass is 35.5. The van der Waals surface area contributed by atoms with E-state index < -0.39 is 0 Å². The molecule has 0 atom stereocenters. The second-order valence-electron chi connectivity index (χ2n) is 6.32. The van der Waals surface area contributed by atoms with Crippen LogP contribution in [0, 0.1) is 5.82 Å². The summed E-state index contributed by atoms with van der Waals surface area (Å²) in [5.41, 5.74) is 1.94. The number of carbonyl (C=O) groups is 1. The van der Waals surface area contributed by atoms with Gasteiger partial charge in [-0.05, 0) is 23.8 Å². The van der Waals surface area contributed by atoms with E-state index in [9.17, 15) is 9.18 Å². The van der Waals surface area contributed by atoms with Crippen molar-refractivity contribution >= 4 is 23.3 Å². The number of nitrogens with one attached hydrogen (secondary N) is 1. The molecule has 0 saturated carbocycles. The molecule has 2 heterocycles. The zero-order valence-corrected chi connectivity index (χ0v) is 15.5. The van der Waals surface area contributed by atoms with Crippen molar-refractivity contribution in [1.82, 2.24) is 15.2 Å². The van der Waals surface area contributed by atoms with Crippen molar-refractivity contribution in [3.63, 3.8) is 0 Å². The molecule has 1 aliphatic heterocycles. The molecular formula is C19H22ClFN4O. The molecule has 1 fully saturated rings. The Labute approximate surface area is 157 Å². The van der Waals surface area contributed by atoms with Crippen LogP contribution in [0.25, 0.3) is 0 Å². The summed E-state index contributed by atoms with van der Waals surface area (Å²) in [5.74, 6) is 0.718. The third-order valence-electron chi connectivity index (χ3n) is 4.54. The summed E-state index contributed by atoms with van der Waals surface area (Å²) in [4.78, 5) is 20.1. The number of hydrogen-bond donors (Lipinski definition) is 1. The normalized spacial score (nSPS) is 14.6. The average Bonchev–Trinajstić information content (AvgIpc) is 2.64. The molecular weight excluding hydrogens is 355 g/mol. The summed E-state index contributed by atoms with van der Waals surface area (Å²) in [6.07, 6.45) is 1.78. The van der Waals surface area contributed by atoms with Gasteiger partial charge in [0.05, 0.1) is 0 Å². The highest BCUT2D eigenvalue weighted by molar-refractivity contribution is 6.31. The number of hydrogen-bond acceptors (Lipinski definition) is 4. The third-order valence-corrected chi connectivity index (χ3v) is 4.89. The zero-order chi connectivity index (χ0) is 18.5. The largest absolute Gasteiger partial charge is 0.353 e. The number of benzene rings is 1. The van der Waals surface area contributed by atoms with Crippen LogP contribution >= 0.6 is 11.6 Å². The lowest BCUT2D eigenvalue weighted by molar-refractivity contribution is -0.129. The number of aromatic nitrogens is 1. The van der Waals surface area contributed by atoms with Gasteiger partial charge >= 0.3 is 0 Å². The van der Waals surface area contributed by atoms with E-state index >= 15 is 0 Å². The minimum atomic E-state index is -0.335. The van der Waals surface area contributed by atoms with Gasteiger partial charge in [-0.3, -0.25) is 4.79 Å². The second-order valence-corrected chi connectivity index (χ2v) is 6.73. The maximum atomic E-state index is 13.1. The topological polar surface area (TPSA) is 48.5 Å². The Morgan fingerprint density at radius 2 is 1.92 bits per heavy atom. The van der Waals surface area contributed by atoms with Crippen molar-refractivity contribution in [3.05, 3.63) is 58.5 Å². The summed E-state index contributed by atoms with van der Waals surface area (Å²) in [5, 5.41) is 3.77. The first kappa shape index (κ1) is 18.6. The van der Waals surface area contributed by atoms with Crippen LogP contribution in [-0.4, -0.2) is 42.0 Å². The fraction of sp³-hybridized carbons (Fsp3) is 0.368. The van der Waals surface area contributed by atoms with Gasteiger partial charge in [-0.1, -0.05) is 23.7 Å². The van der Waals surface area contributed by atoms with Gasteiger partial charge in [0.1, 0.15) is 11.6 Å². The number of amides is 1. The number of piperazine rings is 1. The van der Waals surface area contributed by atoms with Crippen molar-refractivity contribution in [2.45, 2.75) is 20.0 Å². The van der Waals surface area contributed by atoms with E-state index in [1.807, 2.05) is 17.0 Å². The molecule has 7 heteroatoms. The highest BCUT2D eigenvalue weighted by Crippen LogP contribution is 2.20. The predicted molar refractivity (Wildman–Crippen MR) is 101 cm³/mol. The number of carbonyl (C=O) groups excluding carboxylic acids is 1. The Hall–Kier alpha value is -2.18. The standard InChI is InChI=1S/C19H22ClFN4O/c1-14(26)24-7-9-25(10-8-24)19-16(3-2-6-23-19)13-22-12-15-4-5-17(21)11-18(15)20/h2-6,11,22H,7-10,12-13H2,1H3. The van der Waals surface area contributed by atoms with Crippen molar-refractivity contribution in [2.24, 2.45) is 0 Å². The van der Waals surface area contributed by atoms with Crippen LogP contribution in [-0.2, 0) is 17.9 Å². The Kier molecular flexibility index (Phi) is 6.06. The van der Waals surface area contributed by atoms with Gasteiger partial charge in [0.2, 0.25) is 5.91 Å². The maximum Gasteiger partial charge on any atom is 0.219 e. The smallest absolute Gasteiger partial charge is 0.219 e. The van der Waals surface area contributed by atoms with Gasteiger partial charge in [0, 0.05) is 63.0 Å². The third kappa shape index (κ3) is 4.51. The van der Waals surface area contributed by atoms with E-state index in [0.29, 0.717) is 31.2 Å². The molecule has 1 N–H and O–H groups in total. The second kappa shape index (κ2) is 8.47. The molecule has 5 nitrogen and oxygen atoms in total. The van der Waals surface area contributed by atoms with Gasteiger partial charge in [-0.15, -0.1) is 0 Å². The van der Waals surface area contributed by atoms with Crippen LogP contribution in [0.2, 0.25) is 5.02 Å². The molecule has 0 aliphatic carbocycles. The average molecular weight is 377 g/mol. The first-order chi connectivity index (χ1) is 12.5. The Morgan fingerprint density at radius 1 is 1.19 bits per heavy atom. The molecule has 0 radical (unpaired) electrons. The minimum Gasteiger partial charge on any atom is -0.353 e. The molecule has 0 spiro atoms. The molecule has 0 bridgehead atoms. The van der Waals surface area contributed by atoms with Crippen molar-refractivity contribution < 1.29 is 9.18 Å². The van der Waals surface area contributed by atoms with Gasteiger partial charge in [0.25, 0.3) is 0 Å². The predicted octanol–water partition coefficient (Wildman–Crippen LogP) is 2.83. The molecule has 1 aromatic carbocycles. The molecule has 26 heavy (non-hydrogen) atoms. The van der Waals surface area contributed by atoms with Crippen molar-refractivity contribution in [2.75, 3.05) is 31.1 Å². The Morgan fingerprint density at radius 3 is 2.62 bits per heavy atom. The lowest BCUT2D eigenvalue weighted by Gasteiger charge is -2.35. The van der Waals surface area contributed by atoms with Crippen LogP contribution in [0.15, 0.2) is 36.5 Å². The van der Waals surface area contributed by atoms with E-state index in [4.69, 9.17) is 11.6 Å². The number of anilines is 1. The van der Waals surface area contributed by atoms with E-state index in [-0.39, 0.29) is 11.7 Å². The quantitative estimate of drug-likeness (QED) is 0.871. The SMILES string of the molecule is CC(=O)N1CCN(c2ncccc2CNCc2ccc(F)cc2Cl)CC1. The van der Waals surface area contributed by atoms with E-state index in [0.717, 1.165) is 30.0 Å². The monoisotopic (exact) mass is 376 g/mol. The number of pyridine rings is 1. The minimum absolute atomic E-state index is 0.115. The summed E-state index contributed by atoms with van der Waals surface area (Å²) >= 11 is 6.07. The number of halogens is 2. The fourth-order valence-electron chi connectivity index (χ4n) is 3.08. The Balaban J connectivity index is 1.61. The first-order valence-corrected chi connectivity index (χ1v) is 9.01.